The molecule has 1 aromatic heterocycles. The number of nitrogens with two attached hydrogens (primary N) is 1. The Balaban J connectivity index is 0.00000288. The van der Waals surface area contributed by atoms with Crippen LogP contribution in [0.4, 0.5) is 5.69 Å². The lowest BCUT2D eigenvalue weighted by molar-refractivity contribution is -0.118. The molecular formula is C16H20Cl3N3O3. The predicted molar refractivity (Wildman–Crippen MR) is 103 cm³/mol. The van der Waals surface area contributed by atoms with Crippen LogP contribution in [0.5, 0.6) is 11.6 Å². The highest BCUT2D eigenvalue weighted by molar-refractivity contribution is 6.30. The number of carbonyl (C=O) groups is 1. The van der Waals surface area contributed by atoms with Gasteiger partial charge >= 0.3 is 0 Å². The Kier molecular flexibility index (Phi) is 11.1. The molecular weight excluding hydrogens is 389 g/mol. The van der Waals surface area contributed by atoms with Crippen molar-refractivity contribution in [1.29, 1.82) is 0 Å². The normalized spacial score (nSPS) is 10.8. The maximum absolute atomic E-state index is 11.8. The monoisotopic (exact) mass is 407 g/mol. The van der Waals surface area contributed by atoms with E-state index in [4.69, 9.17) is 26.8 Å². The molecule has 138 valence electrons. The zero-order valence-electron chi connectivity index (χ0n) is 13.5. The summed E-state index contributed by atoms with van der Waals surface area (Å²) in [7, 11) is 1.53. The van der Waals surface area contributed by atoms with Gasteiger partial charge in [0.15, 0.2) is 0 Å². The van der Waals surface area contributed by atoms with Crippen LogP contribution in [-0.2, 0) is 9.53 Å². The zero-order valence-corrected chi connectivity index (χ0v) is 15.9. The predicted octanol–water partition coefficient (Wildman–Crippen LogP) is 3.67. The van der Waals surface area contributed by atoms with Crippen molar-refractivity contribution < 1.29 is 14.3 Å². The molecule has 2 rings (SSSR count). The van der Waals surface area contributed by atoms with Gasteiger partial charge < -0.3 is 20.5 Å². The van der Waals surface area contributed by atoms with Crippen LogP contribution in [0.2, 0.25) is 5.02 Å². The summed E-state index contributed by atoms with van der Waals surface area (Å²) < 4.78 is 10.7. The van der Waals surface area contributed by atoms with Crippen molar-refractivity contribution in [1.82, 2.24) is 4.98 Å². The Labute approximate surface area is 163 Å². The second kappa shape index (κ2) is 11.9. The van der Waals surface area contributed by atoms with Gasteiger partial charge in [-0.05, 0) is 30.3 Å². The minimum absolute atomic E-state index is 0. The molecule has 0 fully saturated rings. The van der Waals surface area contributed by atoms with E-state index in [9.17, 15) is 4.79 Å². The zero-order chi connectivity index (χ0) is 16.7. The fourth-order valence-corrected chi connectivity index (χ4v) is 1.94. The number of hydrogen-bond acceptors (Lipinski definition) is 5. The third-order valence-electron chi connectivity index (χ3n) is 3.07. The number of amides is 1. The molecule has 0 aliphatic rings. The van der Waals surface area contributed by atoms with E-state index in [1.54, 1.807) is 36.4 Å². The van der Waals surface area contributed by atoms with Gasteiger partial charge in [-0.1, -0.05) is 11.6 Å². The second-order valence-electron chi connectivity index (χ2n) is 4.79. The maximum atomic E-state index is 11.8. The molecule has 2 aromatic rings. The van der Waals surface area contributed by atoms with E-state index in [2.05, 4.69) is 10.3 Å². The first kappa shape index (κ1) is 23.4. The second-order valence-corrected chi connectivity index (χ2v) is 5.22. The minimum atomic E-state index is -0.284. The molecule has 0 aliphatic carbocycles. The standard InChI is InChI=1S/C16H18ClN3O3.2ClH/c1-22-14(9-18)8-15(21)20-12-3-5-13(6-4-12)23-16-7-2-11(17)10-19-16;;/h2-7,10,14H,8-9,18H2,1H3,(H,20,21);2*1H. The number of halogens is 3. The summed E-state index contributed by atoms with van der Waals surface area (Å²) in [6, 6.07) is 10.3. The molecule has 25 heavy (non-hydrogen) atoms. The lowest BCUT2D eigenvalue weighted by Gasteiger charge is -2.12. The van der Waals surface area contributed by atoms with E-state index in [0.29, 0.717) is 28.9 Å². The fourth-order valence-electron chi connectivity index (χ4n) is 1.83. The Hall–Kier alpha value is -1.57. The van der Waals surface area contributed by atoms with Gasteiger partial charge in [0, 0.05) is 31.6 Å². The highest BCUT2D eigenvalue weighted by atomic mass is 35.5. The molecule has 1 unspecified atom stereocenters. The average molecular weight is 409 g/mol. The van der Waals surface area contributed by atoms with Crippen molar-refractivity contribution in [2.45, 2.75) is 12.5 Å². The summed E-state index contributed by atoms with van der Waals surface area (Å²) in [4.78, 5) is 15.9. The van der Waals surface area contributed by atoms with Gasteiger partial charge in [-0.25, -0.2) is 4.98 Å². The lowest BCUT2D eigenvalue weighted by atomic mass is 10.2. The first-order chi connectivity index (χ1) is 11.1. The lowest BCUT2D eigenvalue weighted by Crippen LogP contribution is -2.28. The summed E-state index contributed by atoms with van der Waals surface area (Å²) >= 11 is 5.77. The molecule has 1 atom stereocenters. The van der Waals surface area contributed by atoms with E-state index < -0.39 is 0 Å². The van der Waals surface area contributed by atoms with Crippen molar-refractivity contribution in [2.24, 2.45) is 5.73 Å². The highest BCUT2D eigenvalue weighted by Gasteiger charge is 2.11. The average Bonchev–Trinajstić information content (AvgIpc) is 2.56. The van der Waals surface area contributed by atoms with Gasteiger partial charge in [-0.3, -0.25) is 4.79 Å². The number of hydrogen-bond donors (Lipinski definition) is 2. The minimum Gasteiger partial charge on any atom is -0.439 e. The Bertz CT molecular complexity index is 635. The summed E-state index contributed by atoms with van der Waals surface area (Å²) in [6.07, 6.45) is 1.43. The Morgan fingerprint density at radius 1 is 1.24 bits per heavy atom. The van der Waals surface area contributed by atoms with Crippen molar-refractivity contribution in [3.63, 3.8) is 0 Å². The number of benzene rings is 1. The van der Waals surface area contributed by atoms with Gasteiger partial charge in [-0.15, -0.1) is 24.8 Å². The van der Waals surface area contributed by atoms with Crippen molar-refractivity contribution in [3.8, 4) is 11.6 Å². The molecule has 9 heteroatoms. The van der Waals surface area contributed by atoms with Crippen LogP contribution in [0.25, 0.3) is 0 Å². The van der Waals surface area contributed by atoms with Crippen molar-refractivity contribution in [3.05, 3.63) is 47.6 Å². The van der Waals surface area contributed by atoms with Crippen LogP contribution in [0.1, 0.15) is 6.42 Å². The number of carbonyl (C=O) groups excluding carboxylic acids is 1. The largest absolute Gasteiger partial charge is 0.439 e. The maximum Gasteiger partial charge on any atom is 0.227 e. The molecule has 0 saturated carbocycles. The summed E-state index contributed by atoms with van der Waals surface area (Å²) in [5.74, 6) is 0.891. The summed E-state index contributed by atoms with van der Waals surface area (Å²) in [5.41, 5.74) is 6.16. The molecule has 1 aromatic carbocycles. The topological polar surface area (TPSA) is 86.5 Å². The number of rotatable bonds is 7. The molecule has 0 aliphatic heterocycles. The fraction of sp³-hybridized carbons (Fsp3) is 0.250. The number of aromatic nitrogens is 1. The van der Waals surface area contributed by atoms with E-state index in [1.807, 2.05) is 0 Å². The number of pyridine rings is 1. The first-order valence-corrected chi connectivity index (χ1v) is 7.40. The van der Waals surface area contributed by atoms with Gasteiger partial charge in [0.1, 0.15) is 5.75 Å². The smallest absolute Gasteiger partial charge is 0.227 e. The SMILES string of the molecule is COC(CN)CC(=O)Nc1ccc(Oc2ccc(Cl)cn2)cc1.Cl.Cl. The highest BCUT2D eigenvalue weighted by Crippen LogP contribution is 2.22. The van der Waals surface area contributed by atoms with Crippen LogP contribution in [0.15, 0.2) is 42.6 Å². The number of nitrogens with one attached hydrogen (secondary N) is 1. The van der Waals surface area contributed by atoms with E-state index in [-0.39, 0.29) is 43.2 Å². The first-order valence-electron chi connectivity index (χ1n) is 7.03. The van der Waals surface area contributed by atoms with Gasteiger partial charge in [0.05, 0.1) is 17.5 Å². The third kappa shape index (κ3) is 7.90. The Morgan fingerprint density at radius 2 is 1.92 bits per heavy atom. The number of methoxy groups -OCH3 is 1. The van der Waals surface area contributed by atoms with E-state index in [0.717, 1.165) is 0 Å². The number of anilines is 1. The molecule has 1 amide bonds. The molecule has 3 N–H and O–H groups in total. The van der Waals surface area contributed by atoms with Crippen LogP contribution < -0.4 is 15.8 Å². The molecule has 0 radical (unpaired) electrons. The summed E-state index contributed by atoms with van der Waals surface area (Å²) in [6.45, 7) is 0.296. The van der Waals surface area contributed by atoms with Crippen LogP contribution in [0, 0.1) is 0 Å². The number of ether oxygens (including phenoxy) is 2. The van der Waals surface area contributed by atoms with Crippen LogP contribution >= 0.6 is 36.4 Å². The van der Waals surface area contributed by atoms with E-state index >= 15 is 0 Å². The number of nitrogens with zero attached hydrogens (tertiary/aromatic N) is 1. The van der Waals surface area contributed by atoms with Crippen molar-refractivity contribution >= 4 is 48.0 Å². The molecule has 0 bridgehead atoms. The molecule has 0 spiro atoms. The summed E-state index contributed by atoms with van der Waals surface area (Å²) in [5, 5.41) is 3.32. The quantitative estimate of drug-likeness (QED) is 0.730. The Morgan fingerprint density at radius 3 is 2.44 bits per heavy atom. The van der Waals surface area contributed by atoms with Gasteiger partial charge in [-0.2, -0.15) is 0 Å². The molecule has 1 heterocycles. The third-order valence-corrected chi connectivity index (χ3v) is 3.29. The molecule has 0 saturated heterocycles. The van der Waals surface area contributed by atoms with Crippen LogP contribution in [0.3, 0.4) is 0 Å². The van der Waals surface area contributed by atoms with Crippen molar-refractivity contribution in [2.75, 3.05) is 19.0 Å². The van der Waals surface area contributed by atoms with Gasteiger partial charge in [0.2, 0.25) is 11.8 Å². The van der Waals surface area contributed by atoms with Crippen LogP contribution in [-0.4, -0.2) is 30.6 Å². The van der Waals surface area contributed by atoms with E-state index in [1.165, 1.54) is 13.3 Å². The van der Waals surface area contributed by atoms with Gasteiger partial charge in [0.25, 0.3) is 0 Å². The molecule has 6 nitrogen and oxygen atoms in total.